The summed E-state index contributed by atoms with van der Waals surface area (Å²) in [4.78, 5) is 4.30. The Hall–Kier alpha value is -0.520. The van der Waals surface area contributed by atoms with E-state index in [2.05, 4.69) is 4.98 Å². The van der Waals surface area contributed by atoms with Gasteiger partial charge in [-0.2, -0.15) is 0 Å². The van der Waals surface area contributed by atoms with E-state index >= 15 is 0 Å². The first-order chi connectivity index (χ1) is 7.67. The maximum atomic E-state index is 5.59. The molecular formula is C11H20N2O2S. The summed E-state index contributed by atoms with van der Waals surface area (Å²) < 4.78 is 10.9. The Bertz CT molecular complexity index is 295. The van der Waals surface area contributed by atoms with Crippen LogP contribution in [0.15, 0.2) is 9.64 Å². The predicted octanol–water partition coefficient (Wildman–Crippen LogP) is 2.14. The molecule has 5 heteroatoms. The standard InChI is InChI=1S/C11H20N2O2S/c1-4-14-10(7-12)5-6-16-11-13-8(2)9(3)15-11/h10H,4-7,12H2,1-3H3. The zero-order valence-electron chi connectivity index (χ0n) is 10.2. The summed E-state index contributed by atoms with van der Waals surface area (Å²) in [5.41, 5.74) is 6.55. The zero-order chi connectivity index (χ0) is 12.0. The summed E-state index contributed by atoms with van der Waals surface area (Å²) in [6.45, 7) is 7.14. The monoisotopic (exact) mass is 244 g/mol. The normalized spacial score (nSPS) is 13.0. The molecule has 0 aliphatic carbocycles. The van der Waals surface area contributed by atoms with Gasteiger partial charge in [0.15, 0.2) is 0 Å². The lowest BCUT2D eigenvalue weighted by Crippen LogP contribution is -2.24. The number of aromatic nitrogens is 1. The molecule has 4 nitrogen and oxygen atoms in total. The van der Waals surface area contributed by atoms with Crippen LogP contribution in [0.4, 0.5) is 0 Å². The van der Waals surface area contributed by atoms with E-state index < -0.39 is 0 Å². The second kappa shape index (κ2) is 6.93. The molecule has 0 aliphatic rings. The highest BCUT2D eigenvalue weighted by atomic mass is 32.2. The number of oxazole rings is 1. The van der Waals surface area contributed by atoms with Crippen LogP contribution in [0.5, 0.6) is 0 Å². The fourth-order valence-corrected chi connectivity index (χ4v) is 2.23. The molecule has 1 rings (SSSR count). The molecule has 1 atom stereocenters. The van der Waals surface area contributed by atoms with Crippen molar-refractivity contribution in [1.29, 1.82) is 0 Å². The van der Waals surface area contributed by atoms with E-state index in [0.29, 0.717) is 13.2 Å². The van der Waals surface area contributed by atoms with Crippen LogP contribution in [0.2, 0.25) is 0 Å². The second-order valence-corrected chi connectivity index (χ2v) is 4.62. The van der Waals surface area contributed by atoms with E-state index in [1.165, 1.54) is 0 Å². The Morgan fingerprint density at radius 2 is 2.25 bits per heavy atom. The lowest BCUT2D eigenvalue weighted by molar-refractivity contribution is 0.0674. The van der Waals surface area contributed by atoms with Gasteiger partial charge in [-0.05, 0) is 27.2 Å². The van der Waals surface area contributed by atoms with Crippen molar-refractivity contribution >= 4 is 11.8 Å². The quantitative estimate of drug-likeness (QED) is 0.745. The van der Waals surface area contributed by atoms with Crippen LogP contribution in [-0.2, 0) is 4.74 Å². The number of rotatable bonds is 7. The third-order valence-electron chi connectivity index (χ3n) is 2.34. The van der Waals surface area contributed by atoms with E-state index in [1.807, 2.05) is 20.8 Å². The molecular weight excluding hydrogens is 224 g/mol. The Morgan fingerprint density at radius 3 is 2.75 bits per heavy atom. The molecule has 0 radical (unpaired) electrons. The SMILES string of the molecule is CCOC(CN)CCSc1nc(C)c(C)o1. The van der Waals surface area contributed by atoms with Crippen LogP contribution >= 0.6 is 11.8 Å². The molecule has 0 fully saturated rings. The van der Waals surface area contributed by atoms with Gasteiger partial charge in [-0.15, -0.1) is 0 Å². The minimum absolute atomic E-state index is 0.148. The first kappa shape index (κ1) is 13.5. The predicted molar refractivity (Wildman–Crippen MR) is 65.8 cm³/mol. The van der Waals surface area contributed by atoms with E-state index in [0.717, 1.165) is 28.9 Å². The molecule has 0 saturated heterocycles. The van der Waals surface area contributed by atoms with Crippen molar-refractivity contribution in [2.75, 3.05) is 18.9 Å². The summed E-state index contributed by atoms with van der Waals surface area (Å²) >= 11 is 1.61. The molecule has 0 amide bonds. The average Bonchev–Trinajstić information content (AvgIpc) is 2.57. The van der Waals surface area contributed by atoms with E-state index in [9.17, 15) is 0 Å². The molecule has 0 aromatic carbocycles. The summed E-state index contributed by atoms with van der Waals surface area (Å²) in [6, 6.07) is 0. The second-order valence-electron chi connectivity index (χ2n) is 3.57. The lowest BCUT2D eigenvalue weighted by Gasteiger charge is -2.13. The van der Waals surface area contributed by atoms with Crippen LogP contribution in [0.1, 0.15) is 24.8 Å². The number of nitrogens with two attached hydrogens (primary N) is 1. The van der Waals surface area contributed by atoms with Gasteiger partial charge in [-0.25, -0.2) is 4.98 Å². The van der Waals surface area contributed by atoms with E-state index in [4.69, 9.17) is 14.9 Å². The Labute approximate surface area is 101 Å². The Morgan fingerprint density at radius 1 is 1.50 bits per heavy atom. The highest BCUT2D eigenvalue weighted by molar-refractivity contribution is 7.99. The van der Waals surface area contributed by atoms with Crippen molar-refractivity contribution in [2.24, 2.45) is 5.73 Å². The number of hydrogen-bond acceptors (Lipinski definition) is 5. The van der Waals surface area contributed by atoms with Gasteiger partial charge in [0.05, 0.1) is 11.8 Å². The lowest BCUT2D eigenvalue weighted by atomic mass is 10.3. The topological polar surface area (TPSA) is 61.3 Å². The van der Waals surface area contributed by atoms with Gasteiger partial charge in [0.25, 0.3) is 5.22 Å². The maximum Gasteiger partial charge on any atom is 0.256 e. The smallest absolute Gasteiger partial charge is 0.256 e. The van der Waals surface area contributed by atoms with Crippen molar-refractivity contribution in [3.63, 3.8) is 0 Å². The van der Waals surface area contributed by atoms with Crippen molar-refractivity contribution in [3.8, 4) is 0 Å². The molecule has 2 N–H and O–H groups in total. The molecule has 1 aromatic rings. The molecule has 0 spiro atoms. The van der Waals surface area contributed by atoms with Crippen LogP contribution in [-0.4, -0.2) is 30.0 Å². The summed E-state index contributed by atoms with van der Waals surface area (Å²) in [7, 11) is 0. The number of ether oxygens (including phenoxy) is 1. The minimum Gasteiger partial charge on any atom is -0.437 e. The average molecular weight is 244 g/mol. The summed E-state index contributed by atoms with van der Waals surface area (Å²) in [5, 5.41) is 0.738. The Kier molecular flexibility index (Phi) is 5.87. The maximum absolute atomic E-state index is 5.59. The fraction of sp³-hybridized carbons (Fsp3) is 0.727. The third kappa shape index (κ3) is 4.15. The van der Waals surface area contributed by atoms with E-state index in [-0.39, 0.29) is 6.10 Å². The highest BCUT2D eigenvalue weighted by Gasteiger charge is 2.09. The molecule has 1 aromatic heterocycles. The first-order valence-corrected chi connectivity index (χ1v) is 6.54. The van der Waals surface area contributed by atoms with E-state index in [1.54, 1.807) is 11.8 Å². The Balaban J connectivity index is 2.29. The van der Waals surface area contributed by atoms with Crippen molar-refractivity contribution in [2.45, 2.75) is 38.5 Å². The third-order valence-corrected chi connectivity index (χ3v) is 3.20. The van der Waals surface area contributed by atoms with Crippen molar-refractivity contribution < 1.29 is 9.15 Å². The fourth-order valence-electron chi connectivity index (χ4n) is 1.29. The molecule has 1 heterocycles. The van der Waals surface area contributed by atoms with Gasteiger partial charge in [-0.3, -0.25) is 0 Å². The molecule has 0 bridgehead atoms. The molecule has 0 saturated carbocycles. The van der Waals surface area contributed by atoms with Crippen LogP contribution in [0.3, 0.4) is 0 Å². The van der Waals surface area contributed by atoms with Gasteiger partial charge in [0, 0.05) is 18.9 Å². The van der Waals surface area contributed by atoms with Crippen molar-refractivity contribution in [3.05, 3.63) is 11.5 Å². The molecule has 1 unspecified atom stereocenters. The number of thioether (sulfide) groups is 1. The number of hydrogen-bond donors (Lipinski definition) is 1. The van der Waals surface area contributed by atoms with Crippen LogP contribution in [0, 0.1) is 13.8 Å². The number of nitrogens with zero attached hydrogens (tertiary/aromatic N) is 1. The summed E-state index contributed by atoms with van der Waals surface area (Å²) in [5.74, 6) is 1.81. The zero-order valence-corrected chi connectivity index (χ0v) is 11.0. The van der Waals surface area contributed by atoms with Crippen LogP contribution < -0.4 is 5.73 Å². The molecule has 16 heavy (non-hydrogen) atoms. The molecule has 0 aliphatic heterocycles. The van der Waals surface area contributed by atoms with Gasteiger partial charge in [0.2, 0.25) is 0 Å². The van der Waals surface area contributed by atoms with Crippen molar-refractivity contribution in [1.82, 2.24) is 4.98 Å². The van der Waals surface area contributed by atoms with Gasteiger partial charge in [-0.1, -0.05) is 11.8 Å². The number of aryl methyl sites for hydroxylation is 2. The van der Waals surface area contributed by atoms with Gasteiger partial charge >= 0.3 is 0 Å². The highest BCUT2D eigenvalue weighted by Crippen LogP contribution is 2.21. The molecule has 92 valence electrons. The van der Waals surface area contributed by atoms with Crippen LogP contribution in [0.25, 0.3) is 0 Å². The van der Waals surface area contributed by atoms with Gasteiger partial charge in [0.1, 0.15) is 5.76 Å². The summed E-state index contributed by atoms with van der Waals surface area (Å²) in [6.07, 6.45) is 1.07. The first-order valence-electron chi connectivity index (χ1n) is 5.55. The largest absolute Gasteiger partial charge is 0.437 e. The minimum atomic E-state index is 0.148. The van der Waals surface area contributed by atoms with Gasteiger partial charge < -0.3 is 14.9 Å².